The number of rotatable bonds is 4. The van der Waals surface area contributed by atoms with E-state index >= 15 is 0 Å². The minimum Gasteiger partial charge on any atom is -0.404 e. The van der Waals surface area contributed by atoms with Gasteiger partial charge >= 0.3 is 0 Å². The SMILES string of the molecule is C\C=C/N=C(Nc1ccc2ccncc2c1)\C(C=O)=C/N. The Morgan fingerprint density at radius 3 is 2.90 bits per heavy atom. The zero-order chi connectivity index (χ0) is 15.1. The lowest BCUT2D eigenvalue weighted by Gasteiger charge is -2.09. The molecule has 5 heteroatoms. The number of hydrogen-bond acceptors (Lipinski definition) is 4. The van der Waals surface area contributed by atoms with E-state index in [0.717, 1.165) is 16.5 Å². The van der Waals surface area contributed by atoms with Crippen molar-refractivity contribution in [2.24, 2.45) is 10.7 Å². The monoisotopic (exact) mass is 280 g/mol. The number of aldehydes is 1. The van der Waals surface area contributed by atoms with Crippen LogP contribution in [0.15, 0.2) is 65.7 Å². The quantitative estimate of drug-likeness (QED) is 0.390. The molecule has 0 saturated carbocycles. The molecule has 0 atom stereocenters. The van der Waals surface area contributed by atoms with Crippen LogP contribution in [0.3, 0.4) is 0 Å². The van der Waals surface area contributed by atoms with E-state index < -0.39 is 0 Å². The summed E-state index contributed by atoms with van der Waals surface area (Å²) in [4.78, 5) is 19.3. The van der Waals surface area contributed by atoms with Gasteiger partial charge in [0.25, 0.3) is 0 Å². The second-order valence-electron chi connectivity index (χ2n) is 4.26. The number of carbonyl (C=O) groups excluding carboxylic acids is 1. The van der Waals surface area contributed by atoms with Gasteiger partial charge in [0.15, 0.2) is 6.29 Å². The number of carbonyl (C=O) groups is 1. The number of aliphatic imine (C=N–C) groups is 1. The first-order valence-electron chi connectivity index (χ1n) is 6.45. The molecule has 1 aromatic carbocycles. The number of nitrogens with two attached hydrogens (primary N) is 1. The molecule has 21 heavy (non-hydrogen) atoms. The van der Waals surface area contributed by atoms with E-state index in [1.54, 1.807) is 24.7 Å². The number of aromatic nitrogens is 1. The van der Waals surface area contributed by atoms with Crippen LogP contribution in [0.5, 0.6) is 0 Å². The fourth-order valence-corrected chi connectivity index (χ4v) is 1.80. The van der Waals surface area contributed by atoms with Crippen LogP contribution >= 0.6 is 0 Å². The summed E-state index contributed by atoms with van der Waals surface area (Å²) >= 11 is 0. The molecule has 0 amide bonds. The van der Waals surface area contributed by atoms with Crippen molar-refractivity contribution in [3.05, 3.63) is 60.7 Å². The molecule has 0 saturated heterocycles. The molecule has 0 unspecified atom stereocenters. The van der Waals surface area contributed by atoms with E-state index in [1.165, 1.54) is 6.20 Å². The zero-order valence-electron chi connectivity index (χ0n) is 11.7. The maximum absolute atomic E-state index is 11.0. The molecule has 3 N–H and O–H groups in total. The first-order chi connectivity index (χ1) is 10.3. The van der Waals surface area contributed by atoms with E-state index in [1.807, 2.05) is 31.2 Å². The lowest BCUT2D eigenvalue weighted by molar-refractivity contribution is -0.104. The van der Waals surface area contributed by atoms with Gasteiger partial charge in [0.2, 0.25) is 0 Å². The van der Waals surface area contributed by atoms with Gasteiger partial charge in [-0.1, -0.05) is 12.1 Å². The number of fused-ring (bicyclic) bond motifs is 1. The Morgan fingerprint density at radius 1 is 1.33 bits per heavy atom. The van der Waals surface area contributed by atoms with Crippen molar-refractivity contribution >= 4 is 28.6 Å². The summed E-state index contributed by atoms with van der Waals surface area (Å²) in [5, 5.41) is 5.19. The Hall–Kier alpha value is -2.95. The second kappa shape index (κ2) is 7.00. The minimum atomic E-state index is 0.291. The van der Waals surface area contributed by atoms with Gasteiger partial charge < -0.3 is 11.1 Å². The van der Waals surface area contributed by atoms with Gasteiger partial charge in [0.05, 0.1) is 5.57 Å². The van der Waals surface area contributed by atoms with Gasteiger partial charge in [-0.05, 0) is 30.5 Å². The van der Waals surface area contributed by atoms with Crippen molar-refractivity contribution < 1.29 is 4.79 Å². The van der Waals surface area contributed by atoms with E-state index in [9.17, 15) is 4.79 Å². The molecule has 1 heterocycles. The normalized spacial score (nSPS) is 12.8. The molecular weight excluding hydrogens is 264 g/mol. The third-order valence-electron chi connectivity index (χ3n) is 2.84. The fraction of sp³-hybridized carbons (Fsp3) is 0.0625. The summed E-state index contributed by atoms with van der Waals surface area (Å²) < 4.78 is 0. The van der Waals surface area contributed by atoms with Crippen LogP contribution in [-0.4, -0.2) is 17.1 Å². The lowest BCUT2D eigenvalue weighted by atomic mass is 10.1. The largest absolute Gasteiger partial charge is 0.404 e. The van der Waals surface area contributed by atoms with Crippen molar-refractivity contribution in [1.29, 1.82) is 0 Å². The summed E-state index contributed by atoms with van der Waals surface area (Å²) in [6.07, 6.45) is 8.78. The predicted molar refractivity (Wildman–Crippen MR) is 85.9 cm³/mol. The highest BCUT2D eigenvalue weighted by Crippen LogP contribution is 2.18. The van der Waals surface area contributed by atoms with Crippen LogP contribution in [0.25, 0.3) is 10.8 Å². The predicted octanol–water partition coefficient (Wildman–Crippen LogP) is 2.62. The van der Waals surface area contributed by atoms with Crippen LogP contribution in [-0.2, 0) is 4.79 Å². The Labute approximate surface area is 122 Å². The van der Waals surface area contributed by atoms with Gasteiger partial charge in [0.1, 0.15) is 5.84 Å². The summed E-state index contributed by atoms with van der Waals surface area (Å²) in [7, 11) is 0. The molecule has 1 aromatic heterocycles. The molecule has 5 nitrogen and oxygen atoms in total. The van der Waals surface area contributed by atoms with Crippen molar-refractivity contribution in [3.63, 3.8) is 0 Å². The molecule has 0 radical (unpaired) electrons. The summed E-state index contributed by atoms with van der Waals surface area (Å²) in [5.74, 6) is 0.397. The number of pyridine rings is 1. The average molecular weight is 280 g/mol. The van der Waals surface area contributed by atoms with Crippen LogP contribution in [0.2, 0.25) is 0 Å². The summed E-state index contributed by atoms with van der Waals surface area (Å²) in [5.41, 5.74) is 6.55. The number of hydrogen-bond donors (Lipinski definition) is 2. The molecule has 0 aliphatic rings. The van der Waals surface area contributed by atoms with Crippen LogP contribution in [0.1, 0.15) is 6.92 Å². The maximum atomic E-state index is 11.0. The maximum Gasteiger partial charge on any atom is 0.155 e. The third-order valence-corrected chi connectivity index (χ3v) is 2.84. The molecule has 0 aliphatic carbocycles. The standard InChI is InChI=1S/C16H16N4O/c1-2-6-19-16(14(9-17)11-21)20-15-4-3-12-5-7-18-10-13(12)8-15/h2-11H,17H2,1H3,(H,19,20)/b6-2-,14-9-. The topological polar surface area (TPSA) is 80.4 Å². The first kappa shape index (κ1) is 14.5. The molecule has 106 valence electrons. The molecule has 0 spiro atoms. The minimum absolute atomic E-state index is 0.291. The van der Waals surface area contributed by atoms with Gasteiger partial charge in [-0.25, -0.2) is 4.99 Å². The summed E-state index contributed by atoms with van der Waals surface area (Å²) in [6.45, 7) is 1.84. The van der Waals surface area contributed by atoms with Crippen molar-refractivity contribution in [2.45, 2.75) is 6.92 Å². The lowest BCUT2D eigenvalue weighted by Crippen LogP contribution is -2.16. The third kappa shape index (κ3) is 3.54. The Morgan fingerprint density at radius 2 is 2.19 bits per heavy atom. The highest BCUT2D eigenvalue weighted by Gasteiger charge is 2.06. The van der Waals surface area contributed by atoms with Crippen molar-refractivity contribution in [3.8, 4) is 0 Å². The zero-order valence-corrected chi connectivity index (χ0v) is 11.7. The highest BCUT2D eigenvalue weighted by atomic mass is 16.1. The van der Waals surface area contributed by atoms with Crippen molar-refractivity contribution in [1.82, 2.24) is 4.98 Å². The van der Waals surface area contributed by atoms with E-state index in [4.69, 9.17) is 5.73 Å². The Kier molecular flexibility index (Phi) is 4.82. The number of benzene rings is 1. The molecule has 0 aliphatic heterocycles. The number of anilines is 1. The van der Waals surface area contributed by atoms with Gasteiger partial charge in [0, 0.05) is 35.9 Å². The second-order valence-corrected chi connectivity index (χ2v) is 4.26. The summed E-state index contributed by atoms with van der Waals surface area (Å²) in [6, 6.07) is 7.75. The molecule has 0 fully saturated rings. The number of amidine groups is 1. The number of nitrogens with zero attached hydrogens (tertiary/aromatic N) is 2. The smallest absolute Gasteiger partial charge is 0.155 e. The molecule has 2 rings (SSSR count). The Balaban J connectivity index is 2.36. The highest BCUT2D eigenvalue weighted by molar-refractivity contribution is 6.19. The molecule has 2 aromatic rings. The van der Waals surface area contributed by atoms with E-state index in [-0.39, 0.29) is 0 Å². The first-order valence-corrected chi connectivity index (χ1v) is 6.45. The molecule has 0 bridgehead atoms. The molecular formula is C16H16N4O. The van der Waals surface area contributed by atoms with E-state index in [0.29, 0.717) is 17.7 Å². The van der Waals surface area contributed by atoms with E-state index in [2.05, 4.69) is 15.3 Å². The van der Waals surface area contributed by atoms with Gasteiger partial charge in [-0.3, -0.25) is 9.78 Å². The van der Waals surface area contributed by atoms with Crippen LogP contribution < -0.4 is 11.1 Å². The fourth-order valence-electron chi connectivity index (χ4n) is 1.80. The number of nitrogens with one attached hydrogen (secondary N) is 1. The van der Waals surface area contributed by atoms with Gasteiger partial charge in [-0.2, -0.15) is 0 Å². The van der Waals surface area contributed by atoms with Crippen LogP contribution in [0, 0.1) is 0 Å². The average Bonchev–Trinajstić information content (AvgIpc) is 2.53. The van der Waals surface area contributed by atoms with Crippen LogP contribution in [0.4, 0.5) is 5.69 Å². The Bertz CT molecular complexity index is 732. The van der Waals surface area contributed by atoms with Gasteiger partial charge in [-0.15, -0.1) is 0 Å². The van der Waals surface area contributed by atoms with Crippen molar-refractivity contribution in [2.75, 3.05) is 5.32 Å². The number of allylic oxidation sites excluding steroid dienone is 1.